The highest BCUT2D eigenvalue weighted by Crippen LogP contribution is 2.18. The lowest BCUT2D eigenvalue weighted by molar-refractivity contribution is 0.104. The molecule has 2 saturated heterocycles. The van der Waals surface area contributed by atoms with Gasteiger partial charge in [0.25, 0.3) is 0 Å². The van der Waals surface area contributed by atoms with Gasteiger partial charge in [0, 0.05) is 19.2 Å². The Balaban J connectivity index is 1.51. The monoisotopic (exact) mass is 240 g/mol. The number of ether oxygens (including phenoxy) is 1. The van der Waals surface area contributed by atoms with Gasteiger partial charge in [0.2, 0.25) is 0 Å². The predicted octanol–water partition coefficient (Wildman–Crippen LogP) is 1.88. The second-order valence-electron chi connectivity index (χ2n) is 5.87. The summed E-state index contributed by atoms with van der Waals surface area (Å²) in [6, 6.07) is 0.715. The minimum atomic E-state index is 0.540. The smallest absolute Gasteiger partial charge is 0.0588 e. The summed E-state index contributed by atoms with van der Waals surface area (Å²) in [5.74, 6) is 0.863. The summed E-state index contributed by atoms with van der Waals surface area (Å²) in [6.45, 7) is 10.5. The van der Waals surface area contributed by atoms with Crippen LogP contribution in [0.1, 0.15) is 39.5 Å². The third-order valence-corrected chi connectivity index (χ3v) is 4.15. The average Bonchev–Trinajstić information content (AvgIpc) is 2.96. The molecular weight excluding hydrogens is 212 g/mol. The summed E-state index contributed by atoms with van der Waals surface area (Å²) in [4.78, 5) is 2.59. The predicted molar refractivity (Wildman–Crippen MR) is 71.3 cm³/mol. The number of nitrogens with zero attached hydrogens (tertiary/aromatic N) is 1. The van der Waals surface area contributed by atoms with E-state index in [0.29, 0.717) is 12.1 Å². The molecule has 100 valence electrons. The van der Waals surface area contributed by atoms with E-state index in [0.717, 1.165) is 19.1 Å². The van der Waals surface area contributed by atoms with Crippen LogP contribution in [0.15, 0.2) is 0 Å². The molecule has 0 radical (unpaired) electrons. The Hall–Kier alpha value is -0.120. The van der Waals surface area contributed by atoms with Crippen molar-refractivity contribution >= 4 is 0 Å². The zero-order valence-corrected chi connectivity index (χ0v) is 11.5. The van der Waals surface area contributed by atoms with E-state index in [1.54, 1.807) is 0 Å². The van der Waals surface area contributed by atoms with Gasteiger partial charge >= 0.3 is 0 Å². The van der Waals surface area contributed by atoms with E-state index >= 15 is 0 Å². The molecule has 2 atom stereocenters. The van der Waals surface area contributed by atoms with E-state index in [1.807, 2.05) is 0 Å². The fourth-order valence-corrected chi connectivity index (χ4v) is 2.94. The van der Waals surface area contributed by atoms with Gasteiger partial charge in [0.05, 0.1) is 6.10 Å². The van der Waals surface area contributed by atoms with Gasteiger partial charge in [-0.15, -0.1) is 0 Å². The first kappa shape index (κ1) is 13.3. The largest absolute Gasteiger partial charge is 0.378 e. The molecule has 2 rings (SSSR count). The molecule has 0 aromatic heterocycles. The highest BCUT2D eigenvalue weighted by atomic mass is 16.5. The molecule has 3 nitrogen and oxygen atoms in total. The van der Waals surface area contributed by atoms with Gasteiger partial charge in [-0.05, 0) is 65.1 Å². The van der Waals surface area contributed by atoms with Crippen molar-refractivity contribution in [2.45, 2.75) is 51.7 Å². The number of rotatable bonds is 6. The molecule has 0 bridgehead atoms. The SMILES string of the molecule is CC(C)N1CCC(CNCCC2CCCO2)C1. The summed E-state index contributed by atoms with van der Waals surface area (Å²) in [5.41, 5.74) is 0. The van der Waals surface area contributed by atoms with Crippen LogP contribution in [0, 0.1) is 5.92 Å². The zero-order valence-electron chi connectivity index (χ0n) is 11.5. The lowest BCUT2D eigenvalue weighted by Gasteiger charge is -2.20. The fraction of sp³-hybridized carbons (Fsp3) is 1.00. The first-order chi connectivity index (χ1) is 8.25. The third-order valence-electron chi connectivity index (χ3n) is 4.15. The van der Waals surface area contributed by atoms with E-state index < -0.39 is 0 Å². The van der Waals surface area contributed by atoms with Crippen molar-refractivity contribution in [3.05, 3.63) is 0 Å². The molecule has 0 aliphatic carbocycles. The summed E-state index contributed by atoms with van der Waals surface area (Å²) in [6.07, 6.45) is 5.63. The first-order valence-electron chi connectivity index (χ1n) is 7.32. The van der Waals surface area contributed by atoms with Crippen LogP contribution in [0.2, 0.25) is 0 Å². The Bertz CT molecular complexity index is 214. The first-order valence-corrected chi connectivity index (χ1v) is 7.32. The Kier molecular flexibility index (Phi) is 5.26. The van der Waals surface area contributed by atoms with Crippen molar-refractivity contribution in [1.82, 2.24) is 10.2 Å². The lowest BCUT2D eigenvalue weighted by Crippen LogP contribution is -2.31. The number of nitrogens with one attached hydrogen (secondary N) is 1. The molecule has 17 heavy (non-hydrogen) atoms. The van der Waals surface area contributed by atoms with Crippen molar-refractivity contribution in [2.24, 2.45) is 5.92 Å². The summed E-state index contributed by atoms with van der Waals surface area (Å²) >= 11 is 0. The quantitative estimate of drug-likeness (QED) is 0.717. The molecule has 3 heteroatoms. The third kappa shape index (κ3) is 4.23. The standard InChI is InChI=1S/C14H28N2O/c1-12(2)16-8-6-13(11-16)10-15-7-5-14-4-3-9-17-14/h12-15H,3-11H2,1-2H3. The van der Waals surface area contributed by atoms with Crippen LogP contribution in [0.25, 0.3) is 0 Å². The van der Waals surface area contributed by atoms with Crippen LogP contribution in [0.4, 0.5) is 0 Å². The topological polar surface area (TPSA) is 24.5 Å². The van der Waals surface area contributed by atoms with Gasteiger partial charge in [0.15, 0.2) is 0 Å². The summed E-state index contributed by atoms with van der Waals surface area (Å²) < 4.78 is 5.63. The maximum atomic E-state index is 5.63. The molecule has 2 heterocycles. The van der Waals surface area contributed by atoms with E-state index in [4.69, 9.17) is 4.74 Å². The minimum absolute atomic E-state index is 0.540. The zero-order chi connectivity index (χ0) is 12.1. The van der Waals surface area contributed by atoms with Crippen LogP contribution in [0.3, 0.4) is 0 Å². The lowest BCUT2D eigenvalue weighted by atomic mass is 10.1. The Morgan fingerprint density at radius 1 is 1.35 bits per heavy atom. The molecule has 0 saturated carbocycles. The van der Waals surface area contributed by atoms with Gasteiger partial charge < -0.3 is 15.0 Å². The van der Waals surface area contributed by atoms with Gasteiger partial charge in [-0.1, -0.05) is 0 Å². The van der Waals surface area contributed by atoms with Crippen LogP contribution < -0.4 is 5.32 Å². The second kappa shape index (κ2) is 6.72. The fourth-order valence-electron chi connectivity index (χ4n) is 2.94. The molecule has 1 N–H and O–H groups in total. The highest BCUT2D eigenvalue weighted by molar-refractivity contribution is 4.79. The van der Waals surface area contributed by atoms with Gasteiger partial charge in [0.1, 0.15) is 0 Å². The minimum Gasteiger partial charge on any atom is -0.378 e. The van der Waals surface area contributed by atoms with Crippen molar-refractivity contribution in [2.75, 3.05) is 32.8 Å². The molecule has 0 spiro atoms. The van der Waals surface area contributed by atoms with Crippen molar-refractivity contribution in [3.63, 3.8) is 0 Å². The average molecular weight is 240 g/mol. The summed E-state index contributed by atoms with van der Waals surface area (Å²) in [7, 11) is 0. The molecule has 2 fully saturated rings. The molecule has 0 aromatic rings. The maximum Gasteiger partial charge on any atom is 0.0588 e. The molecule has 0 aromatic carbocycles. The molecule has 0 amide bonds. The molecular formula is C14H28N2O. The Labute approximate surface area is 106 Å². The van der Waals surface area contributed by atoms with E-state index in [2.05, 4.69) is 24.1 Å². The van der Waals surface area contributed by atoms with Crippen LogP contribution in [0.5, 0.6) is 0 Å². The van der Waals surface area contributed by atoms with Gasteiger partial charge in [-0.25, -0.2) is 0 Å². The summed E-state index contributed by atoms with van der Waals surface area (Å²) in [5, 5.41) is 3.61. The van der Waals surface area contributed by atoms with E-state index in [-0.39, 0.29) is 0 Å². The van der Waals surface area contributed by atoms with Gasteiger partial charge in [-0.3, -0.25) is 0 Å². The number of likely N-dealkylation sites (tertiary alicyclic amines) is 1. The van der Waals surface area contributed by atoms with E-state index in [1.165, 1.54) is 45.3 Å². The van der Waals surface area contributed by atoms with Crippen molar-refractivity contribution < 1.29 is 4.74 Å². The Morgan fingerprint density at radius 3 is 2.88 bits per heavy atom. The van der Waals surface area contributed by atoms with Crippen LogP contribution in [-0.2, 0) is 4.74 Å². The van der Waals surface area contributed by atoms with Crippen LogP contribution in [-0.4, -0.2) is 49.8 Å². The Morgan fingerprint density at radius 2 is 2.24 bits per heavy atom. The van der Waals surface area contributed by atoms with Crippen molar-refractivity contribution in [3.8, 4) is 0 Å². The molecule has 2 aliphatic heterocycles. The second-order valence-corrected chi connectivity index (χ2v) is 5.87. The van der Waals surface area contributed by atoms with E-state index in [9.17, 15) is 0 Å². The molecule has 2 unspecified atom stereocenters. The highest BCUT2D eigenvalue weighted by Gasteiger charge is 2.23. The van der Waals surface area contributed by atoms with Gasteiger partial charge in [-0.2, -0.15) is 0 Å². The molecule has 2 aliphatic rings. The number of hydrogen-bond acceptors (Lipinski definition) is 3. The van der Waals surface area contributed by atoms with Crippen LogP contribution >= 0.6 is 0 Å². The normalized spacial score (nSPS) is 30.5. The van der Waals surface area contributed by atoms with Crippen molar-refractivity contribution in [1.29, 1.82) is 0 Å². The number of hydrogen-bond donors (Lipinski definition) is 1. The maximum absolute atomic E-state index is 5.63.